The fourth-order valence-electron chi connectivity index (χ4n) is 5.37. The predicted molar refractivity (Wildman–Crippen MR) is 144 cm³/mol. The van der Waals surface area contributed by atoms with Gasteiger partial charge in [-0.3, -0.25) is 9.69 Å². The standard InChI is InChI=1S/C29H33F3N6O/c1-28(2)17-35-26(21-14-33-18-34-15-21)24-12-20(4-5-25(24)28)27(39)36-23-11-19(10-22(13-23)29(30,31)32)16-38-8-6-37(3)7-9-38/h4-5,10-15,18,26,35H,6-9,16-17H2,1-3H3,(H,36,39). The number of rotatable bonds is 5. The SMILES string of the molecule is CN1CCN(Cc2cc(NC(=O)c3ccc4c(c3)C(c3cncnc3)NCC4(C)C)cc(C(F)(F)F)c2)CC1. The highest BCUT2D eigenvalue weighted by molar-refractivity contribution is 6.04. The number of nitrogens with zero attached hydrogens (tertiary/aromatic N) is 4. The van der Waals surface area contributed by atoms with E-state index in [1.165, 1.54) is 12.4 Å². The minimum atomic E-state index is -4.52. The molecule has 2 aliphatic rings. The van der Waals surface area contributed by atoms with Gasteiger partial charge in [-0.05, 0) is 54.1 Å². The number of amides is 1. The molecule has 10 heteroatoms. The van der Waals surface area contributed by atoms with Crippen LogP contribution in [0.3, 0.4) is 0 Å². The van der Waals surface area contributed by atoms with Crippen LogP contribution in [0.15, 0.2) is 55.1 Å². The molecule has 0 aliphatic carbocycles. The Kier molecular flexibility index (Phi) is 7.45. The Morgan fingerprint density at radius 1 is 1.08 bits per heavy atom. The first-order valence-electron chi connectivity index (χ1n) is 13.1. The monoisotopic (exact) mass is 538 g/mol. The van der Waals surface area contributed by atoms with Gasteiger partial charge in [0.2, 0.25) is 0 Å². The van der Waals surface area contributed by atoms with Crippen molar-refractivity contribution in [3.63, 3.8) is 0 Å². The lowest BCUT2D eigenvalue weighted by Crippen LogP contribution is -2.43. The van der Waals surface area contributed by atoms with Gasteiger partial charge in [-0.25, -0.2) is 9.97 Å². The lowest BCUT2D eigenvalue weighted by molar-refractivity contribution is -0.137. The summed E-state index contributed by atoms with van der Waals surface area (Å²) in [5.41, 5.74) is 2.97. The molecular formula is C29H33F3N6O. The molecule has 1 fully saturated rings. The van der Waals surface area contributed by atoms with Crippen LogP contribution in [0.5, 0.6) is 0 Å². The van der Waals surface area contributed by atoms with Gasteiger partial charge in [0.05, 0.1) is 11.6 Å². The summed E-state index contributed by atoms with van der Waals surface area (Å²) in [7, 11) is 2.03. The molecule has 1 saturated heterocycles. The smallest absolute Gasteiger partial charge is 0.322 e. The number of carbonyl (C=O) groups is 1. The first-order valence-corrected chi connectivity index (χ1v) is 13.1. The van der Waals surface area contributed by atoms with E-state index in [4.69, 9.17) is 0 Å². The molecule has 5 rings (SSSR count). The largest absolute Gasteiger partial charge is 0.416 e. The fraction of sp³-hybridized carbons (Fsp3) is 0.414. The molecule has 7 nitrogen and oxygen atoms in total. The quantitative estimate of drug-likeness (QED) is 0.500. The molecule has 206 valence electrons. The van der Waals surface area contributed by atoms with Gasteiger partial charge in [-0.1, -0.05) is 19.9 Å². The highest BCUT2D eigenvalue weighted by atomic mass is 19.4. The van der Waals surface area contributed by atoms with Gasteiger partial charge in [-0.15, -0.1) is 0 Å². The zero-order valence-electron chi connectivity index (χ0n) is 22.3. The second kappa shape index (κ2) is 10.7. The number of piperazine rings is 1. The number of fused-ring (bicyclic) bond motifs is 1. The van der Waals surface area contributed by atoms with Crippen LogP contribution >= 0.6 is 0 Å². The Bertz CT molecular complexity index is 1340. The maximum Gasteiger partial charge on any atom is 0.416 e. The van der Waals surface area contributed by atoms with E-state index < -0.39 is 17.6 Å². The fourth-order valence-corrected chi connectivity index (χ4v) is 5.37. The zero-order valence-corrected chi connectivity index (χ0v) is 22.3. The van der Waals surface area contributed by atoms with Gasteiger partial charge in [-0.2, -0.15) is 13.2 Å². The number of carbonyl (C=O) groups excluding carboxylic acids is 1. The van der Waals surface area contributed by atoms with E-state index in [9.17, 15) is 18.0 Å². The molecule has 39 heavy (non-hydrogen) atoms. The van der Waals surface area contributed by atoms with Crippen molar-refractivity contribution < 1.29 is 18.0 Å². The molecule has 0 bridgehead atoms. The third-order valence-corrected chi connectivity index (χ3v) is 7.60. The van der Waals surface area contributed by atoms with Crippen molar-refractivity contribution in [1.82, 2.24) is 25.1 Å². The third kappa shape index (κ3) is 6.13. The number of anilines is 1. The topological polar surface area (TPSA) is 73.4 Å². The van der Waals surface area contributed by atoms with Crippen molar-refractivity contribution in [2.24, 2.45) is 0 Å². The predicted octanol–water partition coefficient (Wildman–Crippen LogP) is 4.47. The molecule has 0 spiro atoms. The van der Waals surface area contributed by atoms with E-state index >= 15 is 0 Å². The van der Waals surface area contributed by atoms with E-state index in [0.29, 0.717) is 17.7 Å². The van der Waals surface area contributed by atoms with E-state index in [0.717, 1.165) is 55.5 Å². The Labute approximate surface area is 226 Å². The van der Waals surface area contributed by atoms with Crippen molar-refractivity contribution in [2.75, 3.05) is 45.1 Å². The number of nitrogens with one attached hydrogen (secondary N) is 2. The van der Waals surface area contributed by atoms with Crippen LogP contribution in [0.25, 0.3) is 0 Å². The van der Waals surface area contributed by atoms with Crippen LogP contribution in [0.1, 0.15) is 58.1 Å². The molecular weight excluding hydrogens is 505 g/mol. The Hall–Kier alpha value is -3.34. The summed E-state index contributed by atoms with van der Waals surface area (Å²) in [6, 6.07) is 9.09. The molecule has 2 aromatic carbocycles. The highest BCUT2D eigenvalue weighted by Crippen LogP contribution is 2.38. The number of likely N-dealkylation sites (N-methyl/N-ethyl adjacent to an activating group) is 1. The van der Waals surface area contributed by atoms with Gasteiger partial charge >= 0.3 is 6.18 Å². The maximum absolute atomic E-state index is 13.8. The van der Waals surface area contributed by atoms with Crippen molar-refractivity contribution in [3.05, 3.63) is 88.5 Å². The average molecular weight is 539 g/mol. The summed E-state index contributed by atoms with van der Waals surface area (Å²) in [6.07, 6.45) is 0.424. The normalized spacial score (nSPS) is 19.9. The van der Waals surface area contributed by atoms with Crippen LogP contribution in [0, 0.1) is 0 Å². The molecule has 0 radical (unpaired) electrons. The Morgan fingerprint density at radius 3 is 2.49 bits per heavy atom. The zero-order chi connectivity index (χ0) is 27.8. The lowest BCUT2D eigenvalue weighted by Gasteiger charge is -2.38. The summed E-state index contributed by atoms with van der Waals surface area (Å²) in [6.45, 7) is 8.66. The molecule has 3 aromatic rings. The van der Waals surface area contributed by atoms with Crippen LogP contribution < -0.4 is 10.6 Å². The molecule has 1 unspecified atom stereocenters. The van der Waals surface area contributed by atoms with Crippen LogP contribution in [-0.4, -0.2) is 65.4 Å². The third-order valence-electron chi connectivity index (χ3n) is 7.60. The van der Waals surface area contributed by atoms with Gasteiger partial charge < -0.3 is 15.5 Å². The van der Waals surface area contributed by atoms with Gasteiger partial charge in [0, 0.05) is 73.9 Å². The number of halogens is 3. The van der Waals surface area contributed by atoms with Gasteiger partial charge in [0.1, 0.15) is 6.33 Å². The Balaban J connectivity index is 1.43. The van der Waals surface area contributed by atoms with Gasteiger partial charge in [0.15, 0.2) is 0 Å². The number of hydrogen-bond donors (Lipinski definition) is 2. The highest BCUT2D eigenvalue weighted by Gasteiger charge is 2.34. The number of aromatic nitrogens is 2. The average Bonchev–Trinajstić information content (AvgIpc) is 2.90. The van der Waals surface area contributed by atoms with E-state index in [2.05, 4.69) is 44.2 Å². The summed E-state index contributed by atoms with van der Waals surface area (Å²) in [5.74, 6) is -0.464. The molecule has 2 aliphatic heterocycles. The molecule has 1 atom stereocenters. The van der Waals surface area contributed by atoms with Crippen LogP contribution in [0.4, 0.5) is 18.9 Å². The molecule has 3 heterocycles. The number of benzene rings is 2. The summed E-state index contributed by atoms with van der Waals surface area (Å²) < 4.78 is 41.3. The summed E-state index contributed by atoms with van der Waals surface area (Å²) in [4.78, 5) is 25.9. The van der Waals surface area contributed by atoms with Crippen molar-refractivity contribution in [2.45, 2.75) is 38.0 Å². The Morgan fingerprint density at radius 2 is 1.79 bits per heavy atom. The maximum atomic E-state index is 13.8. The van der Waals surface area contributed by atoms with Crippen LogP contribution in [0.2, 0.25) is 0 Å². The minimum absolute atomic E-state index is 0.128. The summed E-state index contributed by atoms with van der Waals surface area (Å²) in [5, 5.41) is 6.25. The number of hydrogen-bond acceptors (Lipinski definition) is 6. The van der Waals surface area contributed by atoms with E-state index in [1.54, 1.807) is 24.5 Å². The lowest BCUT2D eigenvalue weighted by atomic mass is 9.75. The van der Waals surface area contributed by atoms with Crippen LogP contribution in [-0.2, 0) is 18.1 Å². The van der Waals surface area contributed by atoms with Crippen molar-refractivity contribution >= 4 is 11.6 Å². The second-order valence-corrected chi connectivity index (χ2v) is 11.1. The number of alkyl halides is 3. The van der Waals surface area contributed by atoms with E-state index in [-0.39, 0.29) is 17.1 Å². The minimum Gasteiger partial charge on any atom is -0.322 e. The first kappa shape index (κ1) is 27.2. The molecule has 1 aromatic heterocycles. The molecule has 0 saturated carbocycles. The second-order valence-electron chi connectivity index (χ2n) is 11.1. The van der Waals surface area contributed by atoms with Crippen molar-refractivity contribution in [1.29, 1.82) is 0 Å². The van der Waals surface area contributed by atoms with E-state index in [1.807, 2.05) is 19.2 Å². The summed E-state index contributed by atoms with van der Waals surface area (Å²) >= 11 is 0. The molecule has 1 amide bonds. The van der Waals surface area contributed by atoms with Crippen molar-refractivity contribution in [3.8, 4) is 0 Å². The molecule has 2 N–H and O–H groups in total. The first-order chi connectivity index (χ1) is 18.5. The van der Waals surface area contributed by atoms with Gasteiger partial charge in [0.25, 0.3) is 5.91 Å².